The molecule has 1 aliphatic rings. The summed E-state index contributed by atoms with van der Waals surface area (Å²) < 4.78 is 33.1. The van der Waals surface area contributed by atoms with E-state index in [4.69, 9.17) is 4.74 Å². The van der Waals surface area contributed by atoms with Gasteiger partial charge in [-0.15, -0.1) is 22.7 Å². The number of thiophene rings is 2. The maximum atomic E-state index is 12.3. The molecule has 8 heteroatoms. The zero-order valence-electron chi connectivity index (χ0n) is 12.0. The number of nitrogens with zero attached hydrogens (tertiary/aromatic N) is 1. The average molecular weight is 359 g/mol. The Bertz CT molecular complexity index is 662. The second-order valence-corrected chi connectivity index (χ2v) is 8.88. The maximum Gasteiger partial charge on any atom is 0.250 e. The molecule has 0 aromatic carbocycles. The first-order valence-corrected chi connectivity index (χ1v) is 10.3. The molecule has 1 saturated heterocycles. The van der Waals surface area contributed by atoms with Gasteiger partial charge in [0, 0.05) is 24.5 Å². The largest absolute Gasteiger partial charge is 0.379 e. The molecule has 1 atom stereocenters. The first-order valence-electron chi connectivity index (χ1n) is 7.05. The average Bonchev–Trinajstić information content (AvgIpc) is 3.22. The van der Waals surface area contributed by atoms with Crippen molar-refractivity contribution < 1.29 is 13.2 Å². The van der Waals surface area contributed by atoms with Crippen molar-refractivity contribution in [1.29, 1.82) is 0 Å². The number of hydrogen-bond donors (Lipinski definition) is 1. The number of hydrogen-bond acceptors (Lipinski definition) is 6. The summed E-state index contributed by atoms with van der Waals surface area (Å²) in [5, 5.41) is 3.80. The predicted octanol–water partition coefficient (Wildman–Crippen LogP) is 2.16. The van der Waals surface area contributed by atoms with Gasteiger partial charge in [0.05, 0.1) is 19.3 Å². The Morgan fingerprint density at radius 2 is 1.91 bits per heavy atom. The molecule has 0 radical (unpaired) electrons. The third kappa shape index (κ3) is 3.76. The van der Waals surface area contributed by atoms with Gasteiger partial charge in [-0.3, -0.25) is 4.90 Å². The standard InChI is InChI=1S/C14H18N2O3S3/c17-22(18,14-4-2-10-21-14)15-11-12(13-3-1-9-20-13)16-5-7-19-8-6-16/h1-4,9-10,12,15H,5-8,11H2/t12-/m1/s1. The molecule has 1 fully saturated rings. The minimum absolute atomic E-state index is 0.0543. The zero-order valence-corrected chi connectivity index (χ0v) is 14.4. The molecule has 0 amide bonds. The Morgan fingerprint density at radius 3 is 2.55 bits per heavy atom. The van der Waals surface area contributed by atoms with Gasteiger partial charge in [-0.1, -0.05) is 12.1 Å². The van der Waals surface area contributed by atoms with Gasteiger partial charge in [-0.2, -0.15) is 0 Å². The second kappa shape index (κ2) is 7.20. The van der Waals surface area contributed by atoms with Crippen LogP contribution >= 0.6 is 22.7 Å². The normalized spacial score (nSPS) is 18.4. The molecule has 0 saturated carbocycles. The van der Waals surface area contributed by atoms with Crippen LogP contribution in [-0.4, -0.2) is 46.2 Å². The molecule has 0 aliphatic carbocycles. The summed E-state index contributed by atoms with van der Waals surface area (Å²) in [6, 6.07) is 7.49. The Morgan fingerprint density at radius 1 is 1.18 bits per heavy atom. The summed E-state index contributed by atoms with van der Waals surface area (Å²) >= 11 is 2.89. The minimum Gasteiger partial charge on any atom is -0.379 e. The fourth-order valence-corrected chi connectivity index (χ4v) is 5.39. The van der Waals surface area contributed by atoms with Crippen LogP contribution in [0.1, 0.15) is 10.9 Å². The van der Waals surface area contributed by atoms with Gasteiger partial charge in [-0.05, 0) is 22.9 Å². The number of ether oxygens (including phenoxy) is 1. The molecule has 3 rings (SSSR count). The number of sulfonamides is 1. The van der Waals surface area contributed by atoms with Gasteiger partial charge in [0.1, 0.15) is 4.21 Å². The topological polar surface area (TPSA) is 58.6 Å². The van der Waals surface area contributed by atoms with Crippen molar-refractivity contribution in [2.24, 2.45) is 0 Å². The fraction of sp³-hybridized carbons (Fsp3) is 0.429. The molecular weight excluding hydrogens is 340 g/mol. The lowest BCUT2D eigenvalue weighted by Gasteiger charge is -2.34. The van der Waals surface area contributed by atoms with E-state index in [1.807, 2.05) is 11.4 Å². The molecule has 1 N–H and O–H groups in total. The highest BCUT2D eigenvalue weighted by Gasteiger charge is 2.25. The molecular formula is C14H18N2O3S3. The van der Waals surface area contributed by atoms with E-state index in [0.29, 0.717) is 24.0 Å². The molecule has 3 heterocycles. The summed E-state index contributed by atoms with van der Waals surface area (Å²) in [6.07, 6.45) is 0. The van der Waals surface area contributed by atoms with Crippen molar-refractivity contribution in [2.75, 3.05) is 32.8 Å². The van der Waals surface area contributed by atoms with Crippen LogP contribution < -0.4 is 4.72 Å². The molecule has 0 spiro atoms. The lowest BCUT2D eigenvalue weighted by atomic mass is 10.2. The predicted molar refractivity (Wildman–Crippen MR) is 89.0 cm³/mol. The monoisotopic (exact) mass is 358 g/mol. The van der Waals surface area contributed by atoms with Gasteiger partial charge in [-0.25, -0.2) is 13.1 Å². The molecule has 0 bridgehead atoms. The van der Waals surface area contributed by atoms with Gasteiger partial charge in [0.2, 0.25) is 10.0 Å². The van der Waals surface area contributed by atoms with Crippen LogP contribution in [0.2, 0.25) is 0 Å². The highest BCUT2D eigenvalue weighted by Crippen LogP contribution is 2.26. The van der Waals surface area contributed by atoms with Gasteiger partial charge < -0.3 is 4.74 Å². The third-order valence-corrected chi connectivity index (χ3v) is 7.38. The maximum absolute atomic E-state index is 12.3. The molecule has 0 unspecified atom stereocenters. The summed E-state index contributed by atoms with van der Waals surface area (Å²) in [7, 11) is -3.43. The summed E-state index contributed by atoms with van der Waals surface area (Å²) in [6.45, 7) is 3.41. The Hall–Kier alpha value is -0.770. The number of nitrogens with one attached hydrogen (secondary N) is 1. The first-order chi connectivity index (χ1) is 10.7. The van der Waals surface area contributed by atoms with Crippen LogP contribution in [0.15, 0.2) is 39.2 Å². The van der Waals surface area contributed by atoms with Crippen molar-refractivity contribution >= 4 is 32.7 Å². The third-order valence-electron chi connectivity index (χ3n) is 3.58. The number of morpholine rings is 1. The van der Waals surface area contributed by atoms with E-state index in [-0.39, 0.29) is 6.04 Å². The summed E-state index contributed by atoms with van der Waals surface area (Å²) in [4.78, 5) is 3.46. The lowest BCUT2D eigenvalue weighted by molar-refractivity contribution is 0.0179. The van der Waals surface area contributed by atoms with Crippen LogP contribution in [0, 0.1) is 0 Å². The zero-order chi connectivity index (χ0) is 15.4. The molecule has 120 valence electrons. The molecule has 2 aromatic rings. The summed E-state index contributed by atoms with van der Waals surface area (Å²) in [5.41, 5.74) is 0. The highest BCUT2D eigenvalue weighted by molar-refractivity contribution is 7.91. The van der Waals surface area contributed by atoms with Crippen LogP contribution in [0.25, 0.3) is 0 Å². The Balaban J connectivity index is 1.73. The van der Waals surface area contributed by atoms with Gasteiger partial charge >= 0.3 is 0 Å². The molecule has 1 aliphatic heterocycles. The van der Waals surface area contributed by atoms with E-state index < -0.39 is 10.0 Å². The van der Waals surface area contributed by atoms with Gasteiger partial charge in [0.25, 0.3) is 0 Å². The Labute approximate surface area is 138 Å². The van der Waals surface area contributed by atoms with Crippen molar-refractivity contribution in [2.45, 2.75) is 10.3 Å². The van der Waals surface area contributed by atoms with Crippen LogP contribution in [0.5, 0.6) is 0 Å². The van der Waals surface area contributed by atoms with Gasteiger partial charge in [0.15, 0.2) is 0 Å². The van der Waals surface area contributed by atoms with Crippen molar-refractivity contribution in [1.82, 2.24) is 9.62 Å². The molecule has 2 aromatic heterocycles. The van der Waals surface area contributed by atoms with E-state index >= 15 is 0 Å². The van der Waals surface area contributed by atoms with Crippen LogP contribution in [-0.2, 0) is 14.8 Å². The van der Waals surface area contributed by atoms with Crippen molar-refractivity contribution in [3.8, 4) is 0 Å². The van der Waals surface area contributed by atoms with E-state index in [9.17, 15) is 8.42 Å². The van der Waals surface area contributed by atoms with E-state index in [1.165, 1.54) is 16.2 Å². The van der Waals surface area contributed by atoms with Crippen molar-refractivity contribution in [3.63, 3.8) is 0 Å². The molecule has 5 nitrogen and oxygen atoms in total. The SMILES string of the molecule is O=S(=O)(NC[C@H](c1cccs1)N1CCOCC1)c1cccs1. The highest BCUT2D eigenvalue weighted by atomic mass is 32.2. The lowest BCUT2D eigenvalue weighted by Crippen LogP contribution is -2.43. The smallest absolute Gasteiger partial charge is 0.250 e. The van der Waals surface area contributed by atoms with Crippen LogP contribution in [0.3, 0.4) is 0 Å². The quantitative estimate of drug-likeness (QED) is 0.860. The van der Waals surface area contributed by atoms with Crippen molar-refractivity contribution in [3.05, 3.63) is 39.9 Å². The minimum atomic E-state index is -3.43. The first kappa shape index (κ1) is 16.1. The number of rotatable bonds is 6. The molecule has 22 heavy (non-hydrogen) atoms. The van der Waals surface area contributed by atoms with E-state index in [0.717, 1.165) is 13.1 Å². The Kier molecular flexibility index (Phi) is 5.27. The fourth-order valence-electron chi connectivity index (χ4n) is 2.46. The van der Waals surface area contributed by atoms with Crippen LogP contribution in [0.4, 0.5) is 0 Å². The second-order valence-electron chi connectivity index (χ2n) is 4.96. The summed E-state index contributed by atoms with van der Waals surface area (Å²) in [5.74, 6) is 0. The van der Waals surface area contributed by atoms with E-state index in [1.54, 1.807) is 28.8 Å². The van der Waals surface area contributed by atoms with E-state index in [2.05, 4.69) is 15.7 Å².